The number of hydrogen-bond donors (Lipinski definition) is 2. The highest BCUT2D eigenvalue weighted by atomic mass is 16.5. The van der Waals surface area contributed by atoms with Gasteiger partial charge in [0, 0.05) is 31.7 Å². The van der Waals surface area contributed by atoms with Gasteiger partial charge in [-0.25, -0.2) is 4.79 Å². The van der Waals surface area contributed by atoms with Crippen molar-refractivity contribution in [2.24, 2.45) is 5.73 Å². The average molecular weight is 370 g/mol. The van der Waals surface area contributed by atoms with Crippen molar-refractivity contribution in [2.45, 2.75) is 13.1 Å². The van der Waals surface area contributed by atoms with Crippen LogP contribution in [0.1, 0.15) is 11.1 Å². The summed E-state index contributed by atoms with van der Waals surface area (Å²) in [6.45, 7) is 3.31. The lowest BCUT2D eigenvalue weighted by Gasteiger charge is -2.20. The van der Waals surface area contributed by atoms with Crippen LogP contribution in [0, 0.1) is 0 Å². The normalized spacial score (nSPS) is 11.0. The molecule has 0 aliphatic rings. The molecule has 2 amide bonds. The van der Waals surface area contributed by atoms with E-state index in [-0.39, 0.29) is 0 Å². The summed E-state index contributed by atoms with van der Waals surface area (Å²) in [7, 11) is 7.97. The fraction of sp³-hybridized carbons (Fsp3) is 0.381. The van der Waals surface area contributed by atoms with Gasteiger partial charge in [0.05, 0.1) is 7.11 Å². The number of nitrogens with zero attached hydrogens (tertiary/aromatic N) is 2. The van der Waals surface area contributed by atoms with Crippen molar-refractivity contribution >= 4 is 6.03 Å². The summed E-state index contributed by atoms with van der Waals surface area (Å²) in [5.74, 6) is 0.802. The summed E-state index contributed by atoms with van der Waals surface area (Å²) in [5, 5.41) is 2.63. The molecule has 27 heavy (non-hydrogen) atoms. The number of nitrogens with two attached hydrogens (primary N) is 1. The number of benzene rings is 2. The zero-order valence-electron chi connectivity index (χ0n) is 16.7. The highest BCUT2D eigenvalue weighted by molar-refractivity contribution is 5.73. The van der Waals surface area contributed by atoms with Gasteiger partial charge in [-0.1, -0.05) is 24.3 Å². The summed E-state index contributed by atoms with van der Waals surface area (Å²) < 4.78 is 5.54. The summed E-state index contributed by atoms with van der Waals surface area (Å²) in [6.07, 6.45) is 0. The summed E-state index contributed by atoms with van der Waals surface area (Å²) in [4.78, 5) is 15.5. The molecule has 0 heterocycles. The van der Waals surface area contributed by atoms with Crippen molar-refractivity contribution in [1.29, 1.82) is 0 Å². The molecule has 0 atom stereocenters. The first kappa shape index (κ1) is 20.7. The third kappa shape index (κ3) is 6.58. The Bertz CT molecular complexity index is 762. The lowest BCUT2D eigenvalue weighted by Crippen LogP contribution is -2.28. The van der Waals surface area contributed by atoms with Crippen LogP contribution in [0.25, 0.3) is 11.1 Å². The summed E-state index contributed by atoms with van der Waals surface area (Å²) >= 11 is 0. The molecule has 0 radical (unpaired) electrons. The zero-order chi connectivity index (χ0) is 19.8. The van der Waals surface area contributed by atoms with Gasteiger partial charge in [-0.3, -0.25) is 0 Å². The van der Waals surface area contributed by atoms with Crippen LogP contribution in [-0.2, 0) is 13.1 Å². The minimum absolute atomic E-state index is 0.388. The molecule has 6 heteroatoms. The second-order valence-corrected chi connectivity index (χ2v) is 6.99. The second-order valence-electron chi connectivity index (χ2n) is 6.99. The minimum atomic E-state index is -0.532. The van der Waals surface area contributed by atoms with Crippen LogP contribution in [-0.4, -0.2) is 57.2 Å². The number of rotatable bonds is 9. The van der Waals surface area contributed by atoms with Crippen LogP contribution in [0.3, 0.4) is 0 Å². The van der Waals surface area contributed by atoms with E-state index in [2.05, 4.69) is 60.5 Å². The van der Waals surface area contributed by atoms with E-state index in [0.29, 0.717) is 6.54 Å². The molecule has 0 spiro atoms. The van der Waals surface area contributed by atoms with E-state index < -0.39 is 6.03 Å². The van der Waals surface area contributed by atoms with E-state index in [1.807, 2.05) is 18.2 Å². The number of likely N-dealkylation sites (N-methyl/N-ethyl adjacent to an activating group) is 2. The summed E-state index contributed by atoms with van der Waals surface area (Å²) in [5.41, 5.74) is 9.48. The van der Waals surface area contributed by atoms with Crippen molar-refractivity contribution in [3.63, 3.8) is 0 Å². The van der Waals surface area contributed by atoms with Gasteiger partial charge < -0.3 is 25.6 Å². The van der Waals surface area contributed by atoms with Gasteiger partial charge in [-0.15, -0.1) is 0 Å². The van der Waals surface area contributed by atoms with Crippen molar-refractivity contribution in [2.75, 3.05) is 41.3 Å². The van der Waals surface area contributed by atoms with E-state index in [1.54, 1.807) is 7.11 Å². The largest absolute Gasteiger partial charge is 0.496 e. The number of carbonyl (C=O) groups is 1. The number of nitrogens with one attached hydrogen (secondary N) is 1. The Labute approximate surface area is 161 Å². The number of primary amides is 1. The van der Waals surface area contributed by atoms with E-state index in [9.17, 15) is 4.79 Å². The highest BCUT2D eigenvalue weighted by Gasteiger charge is 2.09. The molecule has 0 bridgehead atoms. The number of urea groups is 1. The van der Waals surface area contributed by atoms with Crippen LogP contribution in [0.4, 0.5) is 4.79 Å². The maximum Gasteiger partial charge on any atom is 0.312 e. The monoisotopic (exact) mass is 370 g/mol. The molecule has 2 rings (SSSR count). The van der Waals surface area contributed by atoms with E-state index in [1.165, 1.54) is 5.56 Å². The molecule has 0 aromatic heterocycles. The Hall–Kier alpha value is -2.57. The number of methoxy groups -OCH3 is 1. The Morgan fingerprint density at radius 3 is 2.52 bits per heavy atom. The SMILES string of the molecule is COc1ccc(CNC(N)=O)cc1-c1cccc(CN(C)CCN(C)C)c1. The van der Waals surface area contributed by atoms with Gasteiger partial charge >= 0.3 is 6.03 Å². The quantitative estimate of drug-likeness (QED) is 0.712. The summed E-state index contributed by atoms with van der Waals surface area (Å²) in [6, 6.07) is 13.8. The zero-order valence-corrected chi connectivity index (χ0v) is 16.7. The highest BCUT2D eigenvalue weighted by Crippen LogP contribution is 2.31. The Morgan fingerprint density at radius 2 is 1.85 bits per heavy atom. The van der Waals surface area contributed by atoms with Crippen LogP contribution in [0.15, 0.2) is 42.5 Å². The lowest BCUT2D eigenvalue weighted by molar-refractivity contribution is 0.248. The predicted molar refractivity (Wildman–Crippen MR) is 110 cm³/mol. The first-order chi connectivity index (χ1) is 12.9. The van der Waals surface area contributed by atoms with E-state index >= 15 is 0 Å². The fourth-order valence-electron chi connectivity index (χ4n) is 2.88. The second kappa shape index (κ2) is 9.94. The molecule has 0 unspecified atom stereocenters. The van der Waals surface area contributed by atoms with Gasteiger partial charge in [0.2, 0.25) is 0 Å². The molecular weight excluding hydrogens is 340 g/mol. The van der Waals surface area contributed by atoms with Crippen molar-refractivity contribution < 1.29 is 9.53 Å². The molecule has 2 aromatic rings. The average Bonchev–Trinajstić information content (AvgIpc) is 2.64. The van der Waals surface area contributed by atoms with Gasteiger partial charge in [-0.2, -0.15) is 0 Å². The molecule has 0 saturated heterocycles. The first-order valence-corrected chi connectivity index (χ1v) is 9.02. The molecule has 0 aliphatic heterocycles. The number of carbonyl (C=O) groups excluding carboxylic acids is 1. The fourth-order valence-corrected chi connectivity index (χ4v) is 2.88. The third-order valence-corrected chi connectivity index (χ3v) is 4.35. The molecule has 3 N–H and O–H groups in total. The van der Waals surface area contributed by atoms with Crippen molar-refractivity contribution in [1.82, 2.24) is 15.1 Å². The van der Waals surface area contributed by atoms with Crippen molar-refractivity contribution in [3.8, 4) is 16.9 Å². The van der Waals surface area contributed by atoms with Crippen molar-refractivity contribution in [3.05, 3.63) is 53.6 Å². The van der Waals surface area contributed by atoms with E-state index in [4.69, 9.17) is 10.5 Å². The van der Waals surface area contributed by atoms with Crippen LogP contribution >= 0.6 is 0 Å². The Kier molecular flexibility index (Phi) is 7.64. The van der Waals surface area contributed by atoms with Gasteiger partial charge in [-0.05, 0) is 56.0 Å². The topological polar surface area (TPSA) is 70.8 Å². The Morgan fingerprint density at radius 1 is 1.07 bits per heavy atom. The molecule has 2 aromatic carbocycles. The van der Waals surface area contributed by atoms with Crippen LogP contribution in [0.2, 0.25) is 0 Å². The molecule has 0 fully saturated rings. The maximum atomic E-state index is 11.0. The standard InChI is InChI=1S/C21H30N4O2/c1-24(2)10-11-25(3)15-17-6-5-7-18(12-17)19-13-16(14-23-21(22)26)8-9-20(19)27-4/h5-9,12-13H,10-11,14-15H2,1-4H3,(H3,22,23,26). The number of hydrogen-bond acceptors (Lipinski definition) is 4. The van der Waals surface area contributed by atoms with Gasteiger partial charge in [0.1, 0.15) is 5.75 Å². The molecule has 0 aliphatic carbocycles. The molecule has 0 saturated carbocycles. The first-order valence-electron chi connectivity index (χ1n) is 9.02. The predicted octanol–water partition coefficient (Wildman–Crippen LogP) is 2.52. The van der Waals surface area contributed by atoms with Crippen LogP contribution < -0.4 is 15.8 Å². The van der Waals surface area contributed by atoms with Crippen LogP contribution in [0.5, 0.6) is 5.75 Å². The third-order valence-electron chi connectivity index (χ3n) is 4.35. The molecule has 146 valence electrons. The lowest BCUT2D eigenvalue weighted by atomic mass is 9.99. The maximum absolute atomic E-state index is 11.0. The van der Waals surface area contributed by atoms with Gasteiger partial charge in [0.25, 0.3) is 0 Å². The van der Waals surface area contributed by atoms with Gasteiger partial charge in [0.15, 0.2) is 0 Å². The molecule has 6 nitrogen and oxygen atoms in total. The number of amides is 2. The minimum Gasteiger partial charge on any atom is -0.496 e. The molecular formula is C21H30N4O2. The number of ether oxygens (including phenoxy) is 1. The smallest absolute Gasteiger partial charge is 0.312 e. The Balaban J connectivity index is 2.21. The van der Waals surface area contributed by atoms with E-state index in [0.717, 1.165) is 42.1 Å².